The van der Waals surface area contributed by atoms with Crippen molar-refractivity contribution < 1.29 is 24.2 Å². The zero-order valence-electron chi connectivity index (χ0n) is 19.2. The van der Waals surface area contributed by atoms with Crippen LogP contribution in [0.5, 0.6) is 6.01 Å². The summed E-state index contributed by atoms with van der Waals surface area (Å²) >= 11 is 6.53. The first-order valence-electron chi connectivity index (χ1n) is 11.6. The molecular formula is C24H26ClN5O5. The number of rotatable bonds is 7. The monoisotopic (exact) mass is 499 g/mol. The van der Waals surface area contributed by atoms with Gasteiger partial charge in [-0.05, 0) is 38.0 Å². The maximum Gasteiger partial charge on any atom is 0.325 e. The molecule has 0 bridgehead atoms. The molecule has 1 atom stereocenters. The average Bonchev–Trinajstić information content (AvgIpc) is 3.22. The molecule has 0 radical (unpaired) electrons. The number of morpholine rings is 1. The summed E-state index contributed by atoms with van der Waals surface area (Å²) < 4.78 is 11.3. The van der Waals surface area contributed by atoms with E-state index in [0.29, 0.717) is 40.7 Å². The molecule has 2 aromatic heterocycles. The number of ether oxygens (including phenoxy) is 2. The van der Waals surface area contributed by atoms with Crippen molar-refractivity contribution in [2.45, 2.75) is 31.9 Å². The van der Waals surface area contributed by atoms with Gasteiger partial charge in [-0.1, -0.05) is 23.7 Å². The van der Waals surface area contributed by atoms with Gasteiger partial charge < -0.3 is 29.8 Å². The Morgan fingerprint density at radius 3 is 2.63 bits per heavy atom. The van der Waals surface area contributed by atoms with E-state index in [9.17, 15) is 9.59 Å². The molecule has 2 aliphatic rings. The quantitative estimate of drug-likeness (QED) is 0.452. The Hall–Kier alpha value is -3.37. The molecule has 1 aliphatic carbocycles. The SMILES string of the molecule is CC(NC(=O)[C@H]1C[C@@H](Oc2nc3nc(-c4ccc(N5CCOCC5)cc4)c(Cl)cc3[nH]2)C1)C(=O)O. The van der Waals surface area contributed by atoms with Crippen LogP contribution in [0.25, 0.3) is 22.4 Å². The standard InChI is InChI=1S/C24H26ClN5O5/c1-13(23(32)33)26-22(31)15-10-17(11-15)35-24-27-19-12-18(25)20(28-21(19)29-24)14-2-4-16(5-3-14)30-6-8-34-9-7-30/h2-5,12-13,15,17H,6-11H2,1H3,(H,26,31)(H,32,33)(H,27,28,29)/t13?,15-,17+. The van der Waals surface area contributed by atoms with Crippen LogP contribution in [0.1, 0.15) is 19.8 Å². The molecule has 1 saturated heterocycles. The first-order chi connectivity index (χ1) is 16.9. The third-order valence-corrected chi connectivity index (χ3v) is 6.68. The minimum atomic E-state index is -1.06. The Morgan fingerprint density at radius 2 is 1.94 bits per heavy atom. The lowest BCUT2D eigenvalue weighted by Crippen LogP contribution is -2.48. The number of aliphatic carboxylic acids is 1. The number of carboxylic acids is 1. The summed E-state index contributed by atoms with van der Waals surface area (Å²) in [5, 5.41) is 11.9. The summed E-state index contributed by atoms with van der Waals surface area (Å²) in [4.78, 5) is 37.5. The Balaban J connectivity index is 1.24. The number of carboxylic acid groups (broad SMARTS) is 1. The number of fused-ring (bicyclic) bond motifs is 1. The van der Waals surface area contributed by atoms with E-state index in [2.05, 4.69) is 37.3 Å². The number of benzene rings is 1. The van der Waals surface area contributed by atoms with Crippen molar-refractivity contribution in [3.63, 3.8) is 0 Å². The molecular weight excluding hydrogens is 474 g/mol. The van der Waals surface area contributed by atoms with E-state index in [1.807, 2.05) is 12.1 Å². The Labute approximate surface area is 206 Å². The van der Waals surface area contributed by atoms with Gasteiger partial charge in [0.1, 0.15) is 12.1 Å². The molecule has 3 N–H and O–H groups in total. The maximum atomic E-state index is 12.1. The topological polar surface area (TPSA) is 130 Å². The van der Waals surface area contributed by atoms with E-state index in [4.69, 9.17) is 26.2 Å². The molecule has 0 spiro atoms. The minimum absolute atomic E-state index is 0.186. The van der Waals surface area contributed by atoms with Gasteiger partial charge in [-0.3, -0.25) is 9.59 Å². The van der Waals surface area contributed by atoms with Crippen molar-refractivity contribution in [2.24, 2.45) is 5.92 Å². The number of nitrogens with zero attached hydrogens (tertiary/aromatic N) is 3. The third-order valence-electron chi connectivity index (χ3n) is 6.40. The zero-order chi connectivity index (χ0) is 24.5. The molecule has 1 aromatic carbocycles. The lowest BCUT2D eigenvalue weighted by atomic mass is 9.81. The van der Waals surface area contributed by atoms with Gasteiger partial charge in [0.2, 0.25) is 5.91 Å². The molecule has 1 unspecified atom stereocenters. The van der Waals surface area contributed by atoms with Gasteiger partial charge >= 0.3 is 5.97 Å². The fraction of sp³-hybridized carbons (Fsp3) is 0.417. The van der Waals surface area contributed by atoms with E-state index >= 15 is 0 Å². The zero-order valence-corrected chi connectivity index (χ0v) is 19.9. The van der Waals surface area contributed by atoms with Gasteiger partial charge in [0, 0.05) is 30.3 Å². The second-order valence-corrected chi connectivity index (χ2v) is 9.26. The van der Waals surface area contributed by atoms with Crippen LogP contribution in [0.15, 0.2) is 30.3 Å². The number of amides is 1. The van der Waals surface area contributed by atoms with Gasteiger partial charge in [-0.15, -0.1) is 0 Å². The summed E-state index contributed by atoms with van der Waals surface area (Å²) in [5.41, 5.74) is 3.80. The predicted octanol–water partition coefficient (Wildman–Crippen LogP) is 2.86. The number of pyridine rings is 1. The molecule has 5 rings (SSSR count). The number of hydrogen-bond acceptors (Lipinski definition) is 7. The lowest BCUT2D eigenvalue weighted by molar-refractivity contribution is -0.143. The van der Waals surface area contributed by atoms with Crippen molar-refractivity contribution in [2.75, 3.05) is 31.2 Å². The fourth-order valence-electron chi connectivity index (χ4n) is 4.23. The van der Waals surface area contributed by atoms with Crippen molar-refractivity contribution in [1.29, 1.82) is 0 Å². The molecule has 2 fully saturated rings. The Kier molecular flexibility index (Phi) is 6.48. The second kappa shape index (κ2) is 9.71. The average molecular weight is 500 g/mol. The van der Waals surface area contributed by atoms with Crippen molar-refractivity contribution in [3.05, 3.63) is 35.4 Å². The van der Waals surface area contributed by atoms with E-state index in [0.717, 1.165) is 37.6 Å². The molecule has 3 heterocycles. The van der Waals surface area contributed by atoms with Gasteiger partial charge in [-0.25, -0.2) is 4.98 Å². The summed E-state index contributed by atoms with van der Waals surface area (Å²) in [7, 11) is 0. The Morgan fingerprint density at radius 1 is 1.23 bits per heavy atom. The summed E-state index contributed by atoms with van der Waals surface area (Å²) in [5.74, 6) is -1.61. The molecule has 184 valence electrons. The van der Waals surface area contributed by atoms with Crippen LogP contribution in [0.2, 0.25) is 5.02 Å². The van der Waals surface area contributed by atoms with Crippen LogP contribution in [-0.2, 0) is 14.3 Å². The number of nitrogens with one attached hydrogen (secondary N) is 2. The number of carbonyl (C=O) groups is 2. The minimum Gasteiger partial charge on any atom is -0.480 e. The van der Waals surface area contributed by atoms with Crippen LogP contribution in [0.3, 0.4) is 0 Å². The van der Waals surface area contributed by atoms with Crippen LogP contribution >= 0.6 is 11.6 Å². The highest BCUT2D eigenvalue weighted by Crippen LogP contribution is 2.33. The normalized spacial score (nSPS) is 20.8. The first-order valence-corrected chi connectivity index (χ1v) is 11.9. The van der Waals surface area contributed by atoms with Crippen LogP contribution < -0.4 is 15.0 Å². The molecule has 1 amide bonds. The largest absolute Gasteiger partial charge is 0.480 e. The molecule has 1 saturated carbocycles. The van der Waals surface area contributed by atoms with E-state index in [1.165, 1.54) is 6.92 Å². The number of hydrogen-bond donors (Lipinski definition) is 3. The first kappa shape index (κ1) is 23.4. The number of imidazole rings is 1. The summed E-state index contributed by atoms with van der Waals surface area (Å²) in [6.45, 7) is 4.64. The maximum absolute atomic E-state index is 12.1. The molecule has 35 heavy (non-hydrogen) atoms. The van der Waals surface area contributed by atoms with Gasteiger partial charge in [0.25, 0.3) is 6.01 Å². The molecule has 10 nitrogen and oxygen atoms in total. The molecule has 1 aliphatic heterocycles. The van der Waals surface area contributed by atoms with Gasteiger partial charge in [0.15, 0.2) is 5.65 Å². The van der Waals surface area contributed by atoms with E-state index < -0.39 is 12.0 Å². The lowest BCUT2D eigenvalue weighted by Gasteiger charge is -2.33. The number of anilines is 1. The van der Waals surface area contributed by atoms with Crippen molar-refractivity contribution in [1.82, 2.24) is 20.3 Å². The number of aromatic amines is 1. The number of aromatic nitrogens is 3. The highest BCUT2D eigenvalue weighted by atomic mass is 35.5. The Bertz CT molecular complexity index is 1240. The highest BCUT2D eigenvalue weighted by Gasteiger charge is 2.37. The third kappa shape index (κ3) is 5.03. The van der Waals surface area contributed by atoms with E-state index in [-0.39, 0.29) is 17.9 Å². The number of halogens is 1. The fourth-order valence-corrected chi connectivity index (χ4v) is 4.49. The molecule has 11 heteroatoms. The van der Waals surface area contributed by atoms with Crippen LogP contribution in [0, 0.1) is 5.92 Å². The van der Waals surface area contributed by atoms with Crippen molar-refractivity contribution in [3.8, 4) is 17.3 Å². The predicted molar refractivity (Wildman–Crippen MR) is 130 cm³/mol. The summed E-state index contributed by atoms with van der Waals surface area (Å²) in [6.07, 6.45) is 0.794. The van der Waals surface area contributed by atoms with Crippen LogP contribution in [0.4, 0.5) is 5.69 Å². The van der Waals surface area contributed by atoms with Gasteiger partial charge in [0.05, 0.1) is 29.4 Å². The number of H-pyrrole nitrogens is 1. The summed E-state index contributed by atoms with van der Waals surface area (Å²) in [6, 6.07) is 9.29. The highest BCUT2D eigenvalue weighted by molar-refractivity contribution is 6.33. The number of carbonyl (C=O) groups excluding carboxylic acids is 1. The molecule has 3 aromatic rings. The smallest absolute Gasteiger partial charge is 0.325 e. The van der Waals surface area contributed by atoms with E-state index in [1.54, 1.807) is 6.07 Å². The van der Waals surface area contributed by atoms with Crippen LogP contribution in [-0.4, -0.2) is 70.4 Å². The van der Waals surface area contributed by atoms with Gasteiger partial charge in [-0.2, -0.15) is 4.98 Å². The second-order valence-electron chi connectivity index (χ2n) is 8.85. The van der Waals surface area contributed by atoms with Crippen molar-refractivity contribution >= 4 is 40.3 Å².